The fraction of sp³-hybridized carbons (Fsp3) is 0. The standard InChI is InChI=1S/C13H9N3O/c17-13-11(7-9-8-14-5-6-15-9)10-3-1-2-4-12(10)16-13/h1-8H,(H,16,17)/b11-7-. The van der Waals surface area contributed by atoms with Gasteiger partial charge < -0.3 is 5.32 Å². The molecule has 1 aliphatic heterocycles. The molecule has 0 saturated heterocycles. The Labute approximate surface area is 98.0 Å². The van der Waals surface area contributed by atoms with E-state index in [1.54, 1.807) is 24.7 Å². The molecule has 1 aliphatic rings. The van der Waals surface area contributed by atoms with Crippen molar-refractivity contribution < 1.29 is 4.79 Å². The predicted octanol–water partition coefficient (Wildman–Crippen LogP) is 1.97. The van der Waals surface area contributed by atoms with Crippen LogP contribution >= 0.6 is 0 Å². The fourth-order valence-corrected chi connectivity index (χ4v) is 1.82. The molecule has 0 spiro atoms. The fourth-order valence-electron chi connectivity index (χ4n) is 1.82. The Bertz CT molecular complexity index is 605. The van der Waals surface area contributed by atoms with Crippen molar-refractivity contribution in [3.8, 4) is 0 Å². The van der Waals surface area contributed by atoms with E-state index in [9.17, 15) is 4.79 Å². The molecule has 0 fully saturated rings. The van der Waals surface area contributed by atoms with E-state index in [2.05, 4.69) is 15.3 Å². The second-order valence-electron chi connectivity index (χ2n) is 3.69. The van der Waals surface area contributed by atoms with Gasteiger partial charge in [-0.15, -0.1) is 0 Å². The minimum atomic E-state index is -0.100. The van der Waals surface area contributed by atoms with Crippen LogP contribution in [0.4, 0.5) is 5.69 Å². The molecule has 0 bridgehead atoms. The third-order valence-electron chi connectivity index (χ3n) is 2.59. The number of nitrogens with one attached hydrogen (secondary N) is 1. The molecule has 1 aromatic heterocycles. The molecule has 82 valence electrons. The van der Waals surface area contributed by atoms with Crippen LogP contribution < -0.4 is 5.32 Å². The summed E-state index contributed by atoms with van der Waals surface area (Å²) in [6, 6.07) is 7.59. The maximum absolute atomic E-state index is 11.8. The van der Waals surface area contributed by atoms with Crippen molar-refractivity contribution in [2.75, 3.05) is 5.32 Å². The number of nitrogens with zero attached hydrogens (tertiary/aromatic N) is 2. The number of para-hydroxylation sites is 1. The number of fused-ring (bicyclic) bond motifs is 1. The van der Waals surface area contributed by atoms with Crippen LogP contribution in [-0.4, -0.2) is 15.9 Å². The molecule has 4 nitrogen and oxygen atoms in total. The van der Waals surface area contributed by atoms with Crippen LogP contribution in [0.2, 0.25) is 0 Å². The summed E-state index contributed by atoms with van der Waals surface area (Å²) in [6.07, 6.45) is 6.57. The van der Waals surface area contributed by atoms with Crippen molar-refractivity contribution in [3.05, 3.63) is 54.1 Å². The normalized spacial score (nSPS) is 15.8. The van der Waals surface area contributed by atoms with Crippen LogP contribution in [0.3, 0.4) is 0 Å². The molecule has 0 saturated carbocycles. The van der Waals surface area contributed by atoms with Crippen LogP contribution in [0.15, 0.2) is 42.9 Å². The molecule has 17 heavy (non-hydrogen) atoms. The maximum atomic E-state index is 11.8. The monoisotopic (exact) mass is 223 g/mol. The molecule has 1 aromatic carbocycles. The number of anilines is 1. The first-order valence-electron chi connectivity index (χ1n) is 5.23. The van der Waals surface area contributed by atoms with Gasteiger partial charge in [0.2, 0.25) is 0 Å². The zero-order chi connectivity index (χ0) is 11.7. The van der Waals surface area contributed by atoms with Crippen molar-refractivity contribution in [1.82, 2.24) is 9.97 Å². The highest BCUT2D eigenvalue weighted by Gasteiger charge is 2.23. The van der Waals surface area contributed by atoms with E-state index in [0.717, 1.165) is 11.3 Å². The Morgan fingerprint density at radius 3 is 2.88 bits per heavy atom. The van der Waals surface area contributed by atoms with Crippen molar-refractivity contribution in [3.63, 3.8) is 0 Å². The number of hydrogen-bond donors (Lipinski definition) is 1. The topological polar surface area (TPSA) is 54.9 Å². The summed E-state index contributed by atoms with van der Waals surface area (Å²) in [7, 11) is 0. The third-order valence-corrected chi connectivity index (χ3v) is 2.59. The molecule has 1 N–H and O–H groups in total. The Balaban J connectivity index is 2.10. The lowest BCUT2D eigenvalue weighted by Gasteiger charge is -1.96. The molecule has 2 heterocycles. The van der Waals surface area contributed by atoms with E-state index >= 15 is 0 Å². The smallest absolute Gasteiger partial charge is 0.256 e. The van der Waals surface area contributed by atoms with Gasteiger partial charge in [0.15, 0.2) is 0 Å². The van der Waals surface area contributed by atoms with Gasteiger partial charge in [0.25, 0.3) is 5.91 Å². The highest BCUT2D eigenvalue weighted by molar-refractivity contribution is 6.34. The average Bonchev–Trinajstić information content (AvgIpc) is 2.68. The van der Waals surface area contributed by atoms with Crippen LogP contribution in [0.1, 0.15) is 11.3 Å². The van der Waals surface area contributed by atoms with Crippen LogP contribution in [0.5, 0.6) is 0 Å². The van der Waals surface area contributed by atoms with E-state index in [0.29, 0.717) is 11.3 Å². The van der Waals surface area contributed by atoms with Gasteiger partial charge in [0.1, 0.15) is 0 Å². The minimum Gasteiger partial charge on any atom is -0.321 e. The zero-order valence-corrected chi connectivity index (χ0v) is 8.92. The van der Waals surface area contributed by atoms with Gasteiger partial charge in [0, 0.05) is 23.6 Å². The quantitative estimate of drug-likeness (QED) is 0.752. The number of carbonyl (C=O) groups excluding carboxylic acids is 1. The summed E-state index contributed by atoms with van der Waals surface area (Å²) in [4.78, 5) is 19.9. The first-order chi connectivity index (χ1) is 8.34. The molecule has 0 aliphatic carbocycles. The van der Waals surface area contributed by atoms with Gasteiger partial charge in [-0.2, -0.15) is 0 Å². The Morgan fingerprint density at radius 2 is 2.06 bits per heavy atom. The van der Waals surface area contributed by atoms with Crippen molar-refractivity contribution in [1.29, 1.82) is 0 Å². The van der Waals surface area contributed by atoms with Crippen molar-refractivity contribution >= 4 is 23.2 Å². The lowest BCUT2D eigenvalue weighted by molar-refractivity contribution is -0.110. The molecular weight excluding hydrogens is 214 g/mol. The molecule has 3 rings (SSSR count). The molecule has 2 aromatic rings. The van der Waals surface area contributed by atoms with Crippen molar-refractivity contribution in [2.24, 2.45) is 0 Å². The number of hydrogen-bond acceptors (Lipinski definition) is 3. The highest BCUT2D eigenvalue weighted by Crippen LogP contribution is 2.32. The lowest BCUT2D eigenvalue weighted by atomic mass is 10.1. The lowest BCUT2D eigenvalue weighted by Crippen LogP contribution is -2.03. The molecular formula is C13H9N3O. The molecule has 0 unspecified atom stereocenters. The Morgan fingerprint density at radius 1 is 1.18 bits per heavy atom. The number of benzene rings is 1. The van der Waals surface area contributed by atoms with Gasteiger partial charge in [-0.1, -0.05) is 18.2 Å². The molecule has 1 amide bonds. The van der Waals surface area contributed by atoms with E-state index < -0.39 is 0 Å². The summed E-state index contributed by atoms with van der Waals surface area (Å²) in [5.74, 6) is -0.100. The van der Waals surface area contributed by atoms with Crippen LogP contribution in [0, 0.1) is 0 Å². The predicted molar refractivity (Wildman–Crippen MR) is 65.0 cm³/mol. The number of rotatable bonds is 1. The van der Waals surface area contributed by atoms with Crippen molar-refractivity contribution in [2.45, 2.75) is 0 Å². The minimum absolute atomic E-state index is 0.100. The van der Waals surface area contributed by atoms with E-state index in [1.165, 1.54) is 0 Å². The summed E-state index contributed by atoms with van der Waals surface area (Å²) >= 11 is 0. The van der Waals surface area contributed by atoms with E-state index in [-0.39, 0.29) is 5.91 Å². The molecule has 0 atom stereocenters. The number of aromatic nitrogens is 2. The number of carbonyl (C=O) groups is 1. The summed E-state index contributed by atoms with van der Waals surface area (Å²) in [6.45, 7) is 0. The van der Waals surface area contributed by atoms with Gasteiger partial charge in [-0.3, -0.25) is 14.8 Å². The Hall–Kier alpha value is -2.49. The third kappa shape index (κ3) is 1.69. The average molecular weight is 223 g/mol. The largest absolute Gasteiger partial charge is 0.321 e. The van der Waals surface area contributed by atoms with Gasteiger partial charge in [-0.05, 0) is 12.1 Å². The zero-order valence-electron chi connectivity index (χ0n) is 8.92. The maximum Gasteiger partial charge on any atom is 0.256 e. The number of amides is 1. The second-order valence-corrected chi connectivity index (χ2v) is 3.69. The summed E-state index contributed by atoms with van der Waals surface area (Å²) < 4.78 is 0. The SMILES string of the molecule is O=C1Nc2ccccc2/C1=C/c1cnccn1. The van der Waals surface area contributed by atoms with Crippen LogP contribution in [-0.2, 0) is 4.79 Å². The van der Waals surface area contributed by atoms with Gasteiger partial charge in [-0.25, -0.2) is 0 Å². The summed E-state index contributed by atoms with van der Waals surface area (Å²) in [5.41, 5.74) is 3.05. The first kappa shape index (κ1) is 9.72. The van der Waals surface area contributed by atoms with E-state index in [1.807, 2.05) is 24.3 Å². The second kappa shape index (κ2) is 3.83. The summed E-state index contributed by atoms with van der Waals surface area (Å²) in [5, 5.41) is 2.81. The Kier molecular flexibility index (Phi) is 2.19. The van der Waals surface area contributed by atoms with Gasteiger partial charge in [0.05, 0.1) is 17.5 Å². The molecule has 4 heteroatoms. The van der Waals surface area contributed by atoms with Gasteiger partial charge >= 0.3 is 0 Å². The first-order valence-corrected chi connectivity index (χ1v) is 5.23. The van der Waals surface area contributed by atoms with E-state index in [4.69, 9.17) is 0 Å². The highest BCUT2D eigenvalue weighted by atomic mass is 16.2. The molecule has 0 radical (unpaired) electrons. The van der Waals surface area contributed by atoms with Crippen LogP contribution in [0.25, 0.3) is 11.6 Å².